The summed E-state index contributed by atoms with van der Waals surface area (Å²) in [5, 5.41) is 14.7. The number of aliphatic carboxylic acids is 1. The van der Waals surface area contributed by atoms with Crippen LogP contribution in [-0.4, -0.2) is 42.4 Å². The van der Waals surface area contributed by atoms with Gasteiger partial charge in [-0.2, -0.15) is 0 Å². The molecule has 0 spiro atoms. The smallest absolute Gasteiger partial charge is 0.315 e. The van der Waals surface area contributed by atoms with Crippen molar-refractivity contribution >= 4 is 12.0 Å². The zero-order valence-electron chi connectivity index (χ0n) is 13.2. The summed E-state index contributed by atoms with van der Waals surface area (Å²) in [6.07, 6.45) is 2.69. The predicted molar refractivity (Wildman–Crippen MR) is 86.3 cm³/mol. The van der Waals surface area contributed by atoms with Crippen LogP contribution in [0.3, 0.4) is 0 Å². The van der Waals surface area contributed by atoms with E-state index in [1.54, 1.807) is 0 Å². The van der Waals surface area contributed by atoms with E-state index in [9.17, 15) is 9.59 Å². The average molecular weight is 320 g/mol. The fraction of sp³-hybridized carbons (Fsp3) is 0.529. The zero-order chi connectivity index (χ0) is 16.5. The maximum atomic E-state index is 12.1. The summed E-state index contributed by atoms with van der Waals surface area (Å²) in [6.45, 7) is 1.33. The van der Waals surface area contributed by atoms with E-state index in [2.05, 4.69) is 10.6 Å². The first-order valence-corrected chi connectivity index (χ1v) is 8.04. The first-order valence-electron chi connectivity index (χ1n) is 8.04. The summed E-state index contributed by atoms with van der Waals surface area (Å²) in [4.78, 5) is 23.0. The van der Waals surface area contributed by atoms with Crippen molar-refractivity contribution < 1.29 is 19.4 Å². The topological polar surface area (TPSA) is 87.7 Å². The lowest BCUT2D eigenvalue weighted by Gasteiger charge is -2.25. The lowest BCUT2D eigenvalue weighted by atomic mass is 10.0. The lowest BCUT2D eigenvalue weighted by molar-refractivity contribution is -0.137. The molecule has 23 heavy (non-hydrogen) atoms. The van der Waals surface area contributed by atoms with Crippen LogP contribution in [0, 0.1) is 0 Å². The minimum atomic E-state index is -0.852. The molecule has 1 saturated heterocycles. The van der Waals surface area contributed by atoms with Gasteiger partial charge in [-0.15, -0.1) is 0 Å². The van der Waals surface area contributed by atoms with Gasteiger partial charge in [0.25, 0.3) is 0 Å². The van der Waals surface area contributed by atoms with Gasteiger partial charge in [0.15, 0.2) is 0 Å². The van der Waals surface area contributed by atoms with Crippen molar-refractivity contribution in [3.63, 3.8) is 0 Å². The first-order chi connectivity index (χ1) is 11.1. The van der Waals surface area contributed by atoms with Gasteiger partial charge in [-0.05, 0) is 31.2 Å². The van der Waals surface area contributed by atoms with E-state index in [0.717, 1.165) is 18.4 Å². The van der Waals surface area contributed by atoms with Gasteiger partial charge in [0.2, 0.25) is 0 Å². The number of carbonyl (C=O) groups excluding carboxylic acids is 1. The molecular formula is C17H24N2O4. The Morgan fingerprint density at radius 1 is 1.22 bits per heavy atom. The molecule has 126 valence electrons. The maximum absolute atomic E-state index is 12.1. The van der Waals surface area contributed by atoms with E-state index in [4.69, 9.17) is 9.84 Å². The van der Waals surface area contributed by atoms with E-state index in [1.165, 1.54) is 0 Å². The molecule has 2 rings (SSSR count). The van der Waals surface area contributed by atoms with Crippen molar-refractivity contribution in [3.8, 4) is 0 Å². The number of urea groups is 1. The Bertz CT molecular complexity index is 501. The lowest BCUT2D eigenvalue weighted by Crippen LogP contribution is -2.48. The minimum absolute atomic E-state index is 0.0368. The van der Waals surface area contributed by atoms with Crippen LogP contribution in [-0.2, 0) is 16.0 Å². The summed E-state index contributed by atoms with van der Waals surface area (Å²) >= 11 is 0. The first kappa shape index (κ1) is 17.3. The summed E-state index contributed by atoms with van der Waals surface area (Å²) in [7, 11) is 0. The molecule has 2 amide bonds. The van der Waals surface area contributed by atoms with Gasteiger partial charge >= 0.3 is 12.0 Å². The highest BCUT2D eigenvalue weighted by molar-refractivity contribution is 5.74. The monoisotopic (exact) mass is 320 g/mol. The van der Waals surface area contributed by atoms with Gasteiger partial charge in [0.05, 0.1) is 0 Å². The van der Waals surface area contributed by atoms with Gasteiger partial charge < -0.3 is 20.5 Å². The third-order valence-corrected chi connectivity index (χ3v) is 3.92. The number of carbonyl (C=O) groups is 2. The van der Waals surface area contributed by atoms with Crippen LogP contribution >= 0.6 is 0 Å². The second kappa shape index (κ2) is 9.15. The highest BCUT2D eigenvalue weighted by Crippen LogP contribution is 2.09. The number of carboxylic acids is 1. The Kier molecular flexibility index (Phi) is 6.87. The van der Waals surface area contributed by atoms with Crippen molar-refractivity contribution in [3.05, 3.63) is 35.9 Å². The second-order valence-electron chi connectivity index (χ2n) is 5.82. The SMILES string of the molecule is O=C(O)CCC(Cc1ccccc1)NC(=O)NC1CCOCC1. The third-order valence-electron chi connectivity index (χ3n) is 3.92. The Hall–Kier alpha value is -2.08. The molecule has 0 bridgehead atoms. The molecule has 1 aliphatic heterocycles. The second-order valence-corrected chi connectivity index (χ2v) is 5.82. The Morgan fingerprint density at radius 2 is 1.91 bits per heavy atom. The van der Waals surface area contributed by atoms with E-state index in [0.29, 0.717) is 26.1 Å². The standard InChI is InChI=1S/C17H24N2O4/c20-16(21)7-6-15(12-13-4-2-1-3-5-13)19-17(22)18-14-8-10-23-11-9-14/h1-5,14-15H,6-12H2,(H,20,21)(H2,18,19,22). The highest BCUT2D eigenvalue weighted by atomic mass is 16.5. The molecule has 0 aliphatic carbocycles. The van der Waals surface area contributed by atoms with E-state index in [1.807, 2.05) is 30.3 Å². The van der Waals surface area contributed by atoms with Gasteiger partial charge in [-0.25, -0.2) is 4.79 Å². The normalized spacial score (nSPS) is 16.5. The average Bonchev–Trinajstić information content (AvgIpc) is 2.54. The number of rotatable bonds is 7. The quantitative estimate of drug-likeness (QED) is 0.716. The maximum Gasteiger partial charge on any atom is 0.315 e. The fourth-order valence-electron chi connectivity index (χ4n) is 2.68. The molecule has 1 aromatic rings. The number of ether oxygens (including phenoxy) is 1. The van der Waals surface area contributed by atoms with Crippen LogP contribution in [0.5, 0.6) is 0 Å². The molecule has 1 atom stereocenters. The molecule has 1 aliphatic rings. The largest absolute Gasteiger partial charge is 0.481 e. The number of benzene rings is 1. The van der Waals surface area contributed by atoms with Crippen LogP contribution in [0.15, 0.2) is 30.3 Å². The summed E-state index contributed by atoms with van der Waals surface area (Å²) < 4.78 is 5.27. The number of hydrogen-bond acceptors (Lipinski definition) is 3. The summed E-state index contributed by atoms with van der Waals surface area (Å²) in [5.41, 5.74) is 1.08. The van der Waals surface area contributed by atoms with Gasteiger partial charge in [0, 0.05) is 31.7 Å². The zero-order valence-corrected chi connectivity index (χ0v) is 13.2. The van der Waals surface area contributed by atoms with Crippen molar-refractivity contribution in [1.82, 2.24) is 10.6 Å². The fourth-order valence-corrected chi connectivity index (χ4v) is 2.68. The Labute approximate surface area is 136 Å². The third kappa shape index (κ3) is 6.69. The van der Waals surface area contributed by atoms with Crippen LogP contribution in [0.4, 0.5) is 4.79 Å². The molecule has 1 heterocycles. The van der Waals surface area contributed by atoms with E-state index < -0.39 is 5.97 Å². The van der Waals surface area contributed by atoms with Crippen molar-refractivity contribution in [2.75, 3.05) is 13.2 Å². The minimum Gasteiger partial charge on any atom is -0.481 e. The molecule has 0 aromatic heterocycles. The molecule has 6 heteroatoms. The molecule has 0 radical (unpaired) electrons. The van der Waals surface area contributed by atoms with Crippen LogP contribution in [0.1, 0.15) is 31.2 Å². The van der Waals surface area contributed by atoms with Crippen LogP contribution < -0.4 is 10.6 Å². The molecule has 1 fully saturated rings. The highest BCUT2D eigenvalue weighted by Gasteiger charge is 2.19. The Balaban J connectivity index is 1.87. The molecule has 1 aromatic carbocycles. The van der Waals surface area contributed by atoms with E-state index in [-0.39, 0.29) is 24.5 Å². The summed E-state index contributed by atoms with van der Waals surface area (Å²) in [6, 6.07) is 9.45. The van der Waals surface area contributed by atoms with Crippen molar-refractivity contribution in [2.24, 2.45) is 0 Å². The number of hydrogen-bond donors (Lipinski definition) is 3. The van der Waals surface area contributed by atoms with Crippen molar-refractivity contribution in [2.45, 2.75) is 44.2 Å². The molecular weight excluding hydrogens is 296 g/mol. The summed E-state index contributed by atoms with van der Waals surface area (Å²) in [5.74, 6) is -0.852. The van der Waals surface area contributed by atoms with Gasteiger partial charge in [-0.3, -0.25) is 4.79 Å². The molecule has 6 nitrogen and oxygen atoms in total. The van der Waals surface area contributed by atoms with Crippen LogP contribution in [0.25, 0.3) is 0 Å². The molecule has 3 N–H and O–H groups in total. The van der Waals surface area contributed by atoms with Gasteiger partial charge in [-0.1, -0.05) is 30.3 Å². The van der Waals surface area contributed by atoms with E-state index >= 15 is 0 Å². The number of carboxylic acid groups (broad SMARTS) is 1. The number of amides is 2. The molecule has 0 saturated carbocycles. The van der Waals surface area contributed by atoms with Crippen LogP contribution in [0.2, 0.25) is 0 Å². The van der Waals surface area contributed by atoms with Gasteiger partial charge in [0.1, 0.15) is 0 Å². The Morgan fingerprint density at radius 3 is 2.57 bits per heavy atom. The van der Waals surface area contributed by atoms with Crippen molar-refractivity contribution in [1.29, 1.82) is 0 Å². The number of nitrogens with one attached hydrogen (secondary N) is 2. The molecule has 1 unspecified atom stereocenters. The predicted octanol–water partition coefficient (Wildman–Crippen LogP) is 1.94.